The zero-order chi connectivity index (χ0) is 20.9. The largest absolute Gasteiger partial charge is 0.474 e. The van der Waals surface area contributed by atoms with Crippen molar-refractivity contribution in [2.45, 2.75) is 6.18 Å². The van der Waals surface area contributed by atoms with E-state index in [0.29, 0.717) is 51.1 Å². The summed E-state index contributed by atoms with van der Waals surface area (Å²) in [4.78, 5) is 16.2. The summed E-state index contributed by atoms with van der Waals surface area (Å²) in [6.07, 6.45) is -4.42. The molecule has 156 valence electrons. The molecule has 2 heterocycles. The van der Waals surface area contributed by atoms with Gasteiger partial charge in [0.1, 0.15) is 6.61 Å². The molecule has 1 aromatic heterocycles. The number of benzene rings is 1. The van der Waals surface area contributed by atoms with Gasteiger partial charge in [0.15, 0.2) is 5.82 Å². The summed E-state index contributed by atoms with van der Waals surface area (Å²) in [7, 11) is 1.58. The first-order chi connectivity index (χ1) is 13.9. The van der Waals surface area contributed by atoms with E-state index in [1.54, 1.807) is 24.1 Å². The van der Waals surface area contributed by atoms with Crippen LogP contribution in [0.3, 0.4) is 0 Å². The lowest BCUT2D eigenvalue weighted by Crippen LogP contribution is -2.49. The minimum Gasteiger partial charge on any atom is -0.474 e. The van der Waals surface area contributed by atoms with Crippen LogP contribution < -0.4 is 9.64 Å². The summed E-state index contributed by atoms with van der Waals surface area (Å²) >= 11 is 0. The second kappa shape index (κ2) is 9.08. The number of hydrogen-bond donors (Lipinski definition) is 0. The van der Waals surface area contributed by atoms with Crippen molar-refractivity contribution in [3.63, 3.8) is 0 Å². The highest BCUT2D eigenvalue weighted by Crippen LogP contribution is 2.29. The molecule has 3 rings (SSSR count). The van der Waals surface area contributed by atoms with Crippen LogP contribution in [0.25, 0.3) is 0 Å². The summed E-state index contributed by atoms with van der Waals surface area (Å²) in [5.41, 5.74) is -0.532. The van der Waals surface area contributed by atoms with Crippen molar-refractivity contribution in [3.8, 4) is 5.88 Å². The van der Waals surface area contributed by atoms with Crippen molar-refractivity contribution in [3.05, 3.63) is 47.5 Å². The SMILES string of the molecule is COCCOc1ccc(N2CCN(C(=O)c3ccc(C(F)(F)F)cc3)CC2)nn1. The first kappa shape index (κ1) is 20.8. The molecule has 7 nitrogen and oxygen atoms in total. The van der Waals surface area contributed by atoms with Gasteiger partial charge in [-0.05, 0) is 30.3 Å². The van der Waals surface area contributed by atoms with E-state index in [9.17, 15) is 18.0 Å². The fourth-order valence-corrected chi connectivity index (χ4v) is 2.91. The highest BCUT2D eigenvalue weighted by atomic mass is 19.4. The van der Waals surface area contributed by atoms with Crippen LogP contribution in [0.1, 0.15) is 15.9 Å². The first-order valence-corrected chi connectivity index (χ1v) is 9.05. The maximum absolute atomic E-state index is 12.7. The van der Waals surface area contributed by atoms with Crippen molar-refractivity contribution in [1.82, 2.24) is 15.1 Å². The Morgan fingerprint density at radius 3 is 2.24 bits per heavy atom. The second-order valence-corrected chi connectivity index (χ2v) is 6.43. The molecule has 2 aromatic rings. The molecule has 1 aliphatic heterocycles. The number of aromatic nitrogens is 2. The van der Waals surface area contributed by atoms with Crippen LogP contribution in [-0.4, -0.2) is 67.5 Å². The number of halogens is 3. The number of methoxy groups -OCH3 is 1. The predicted octanol–water partition coefficient (Wildman–Crippen LogP) is 2.48. The fraction of sp³-hybridized carbons (Fsp3) is 0.421. The molecule has 0 radical (unpaired) electrons. The molecule has 0 N–H and O–H groups in total. The van der Waals surface area contributed by atoms with E-state index in [1.807, 2.05) is 4.90 Å². The molecule has 0 saturated carbocycles. The molecule has 10 heteroatoms. The van der Waals surface area contributed by atoms with Gasteiger partial charge in [-0.2, -0.15) is 13.2 Å². The molecule has 0 spiro atoms. The van der Waals surface area contributed by atoms with Crippen molar-refractivity contribution in [1.29, 1.82) is 0 Å². The van der Waals surface area contributed by atoms with Crippen LogP contribution in [0, 0.1) is 0 Å². The number of hydrogen-bond acceptors (Lipinski definition) is 6. The summed E-state index contributed by atoms with van der Waals surface area (Å²) in [6, 6.07) is 7.79. The molecule has 0 unspecified atom stereocenters. The van der Waals surface area contributed by atoms with Crippen LogP contribution in [0.5, 0.6) is 5.88 Å². The lowest BCUT2D eigenvalue weighted by molar-refractivity contribution is -0.137. The van der Waals surface area contributed by atoms with E-state index in [-0.39, 0.29) is 11.5 Å². The topological polar surface area (TPSA) is 67.8 Å². The first-order valence-electron chi connectivity index (χ1n) is 9.05. The van der Waals surface area contributed by atoms with Crippen LogP contribution in [0.2, 0.25) is 0 Å². The second-order valence-electron chi connectivity index (χ2n) is 6.43. The Bertz CT molecular complexity index is 805. The standard InChI is InChI=1S/C19H21F3N4O3/c1-28-12-13-29-17-7-6-16(23-24-17)25-8-10-26(11-9-25)18(27)14-2-4-15(5-3-14)19(20,21)22/h2-7H,8-13H2,1H3. The minimum atomic E-state index is -4.42. The lowest BCUT2D eigenvalue weighted by atomic mass is 10.1. The van der Waals surface area contributed by atoms with Crippen molar-refractivity contribution >= 4 is 11.7 Å². The van der Waals surface area contributed by atoms with Gasteiger partial charge in [-0.3, -0.25) is 4.79 Å². The minimum absolute atomic E-state index is 0.240. The van der Waals surface area contributed by atoms with Crippen molar-refractivity contribution in [2.24, 2.45) is 0 Å². The van der Waals surface area contributed by atoms with Crippen molar-refractivity contribution in [2.75, 3.05) is 51.4 Å². The van der Waals surface area contributed by atoms with E-state index < -0.39 is 11.7 Å². The third-order valence-electron chi connectivity index (χ3n) is 4.51. The van der Waals surface area contributed by atoms with Gasteiger partial charge < -0.3 is 19.3 Å². The van der Waals surface area contributed by atoms with Crippen LogP contribution in [-0.2, 0) is 10.9 Å². The molecule has 29 heavy (non-hydrogen) atoms. The number of ether oxygens (including phenoxy) is 2. The Hall–Kier alpha value is -2.88. The number of piperazine rings is 1. The molecular formula is C19H21F3N4O3. The maximum atomic E-state index is 12.7. The van der Waals surface area contributed by atoms with Gasteiger partial charge >= 0.3 is 6.18 Å². The quantitative estimate of drug-likeness (QED) is 0.682. The van der Waals surface area contributed by atoms with Crippen molar-refractivity contribution < 1.29 is 27.4 Å². The van der Waals surface area contributed by atoms with E-state index in [2.05, 4.69) is 10.2 Å². The van der Waals surface area contributed by atoms with Crippen LogP contribution in [0.15, 0.2) is 36.4 Å². The summed E-state index contributed by atoms with van der Waals surface area (Å²) in [5.74, 6) is 0.791. The molecule has 1 saturated heterocycles. The molecule has 1 amide bonds. The van der Waals surface area contributed by atoms with E-state index >= 15 is 0 Å². The molecule has 1 fully saturated rings. The van der Waals surface area contributed by atoms with Gasteiger partial charge in [0.05, 0.1) is 12.2 Å². The number of anilines is 1. The highest BCUT2D eigenvalue weighted by molar-refractivity contribution is 5.94. The summed E-state index contributed by atoms with van der Waals surface area (Å²) < 4.78 is 48.2. The fourth-order valence-electron chi connectivity index (χ4n) is 2.91. The monoisotopic (exact) mass is 410 g/mol. The van der Waals surface area contributed by atoms with Gasteiger partial charge in [0.2, 0.25) is 5.88 Å². The van der Waals surface area contributed by atoms with Crippen LogP contribution in [0.4, 0.5) is 19.0 Å². The smallest absolute Gasteiger partial charge is 0.416 e. The average Bonchev–Trinajstić information content (AvgIpc) is 2.73. The number of alkyl halides is 3. The third-order valence-corrected chi connectivity index (χ3v) is 4.51. The summed E-state index contributed by atoms with van der Waals surface area (Å²) in [5, 5.41) is 8.16. The zero-order valence-corrected chi connectivity index (χ0v) is 15.9. The van der Waals surface area contributed by atoms with Gasteiger partial charge in [0.25, 0.3) is 5.91 Å². The number of carbonyl (C=O) groups is 1. The number of rotatable bonds is 6. The number of nitrogens with zero attached hydrogens (tertiary/aromatic N) is 4. The molecule has 1 aliphatic rings. The Morgan fingerprint density at radius 2 is 1.69 bits per heavy atom. The molecule has 1 aromatic carbocycles. The maximum Gasteiger partial charge on any atom is 0.416 e. The number of amides is 1. The molecule has 0 atom stereocenters. The average molecular weight is 410 g/mol. The normalized spacial score (nSPS) is 14.8. The Morgan fingerprint density at radius 1 is 1.00 bits per heavy atom. The third kappa shape index (κ3) is 5.35. The van der Waals surface area contributed by atoms with E-state index in [4.69, 9.17) is 9.47 Å². The number of carbonyl (C=O) groups excluding carboxylic acids is 1. The van der Waals surface area contributed by atoms with Crippen LogP contribution >= 0.6 is 0 Å². The predicted molar refractivity (Wildman–Crippen MR) is 99.0 cm³/mol. The van der Waals surface area contributed by atoms with E-state index in [0.717, 1.165) is 12.1 Å². The Balaban J connectivity index is 1.54. The van der Waals surface area contributed by atoms with Gasteiger partial charge in [-0.1, -0.05) is 0 Å². The van der Waals surface area contributed by atoms with E-state index in [1.165, 1.54) is 12.1 Å². The highest BCUT2D eigenvalue weighted by Gasteiger charge is 2.30. The zero-order valence-electron chi connectivity index (χ0n) is 15.9. The molecule has 0 bridgehead atoms. The summed E-state index contributed by atoms with van der Waals surface area (Å²) in [6.45, 7) is 2.81. The molecule has 0 aliphatic carbocycles. The Labute approximate surface area is 166 Å². The molecular weight excluding hydrogens is 389 g/mol. The Kier molecular flexibility index (Phi) is 6.53. The van der Waals surface area contributed by atoms with Gasteiger partial charge in [0, 0.05) is 44.9 Å². The van der Waals surface area contributed by atoms with Gasteiger partial charge in [-0.15, -0.1) is 10.2 Å². The van der Waals surface area contributed by atoms with Gasteiger partial charge in [-0.25, -0.2) is 0 Å². The lowest BCUT2D eigenvalue weighted by Gasteiger charge is -2.35.